The number of nitrogens with zero attached hydrogens (tertiary/aromatic N) is 4. The smallest absolute Gasteiger partial charge is 0.271 e. The second kappa shape index (κ2) is 11.1. The van der Waals surface area contributed by atoms with Crippen molar-refractivity contribution in [3.05, 3.63) is 58.4 Å². The average molecular weight is 480 g/mol. The Balaban J connectivity index is 1.34. The van der Waals surface area contributed by atoms with Crippen molar-refractivity contribution in [3.63, 3.8) is 0 Å². The maximum absolute atomic E-state index is 13.1. The number of nitrogens with one attached hydrogen (secondary N) is 1. The number of anilines is 1. The first-order valence-corrected chi connectivity index (χ1v) is 12.4. The zero-order valence-electron chi connectivity index (χ0n) is 19.5. The van der Waals surface area contributed by atoms with Gasteiger partial charge < -0.3 is 19.9 Å². The molecule has 0 unspecified atom stereocenters. The van der Waals surface area contributed by atoms with Crippen molar-refractivity contribution in [2.45, 2.75) is 20.3 Å². The van der Waals surface area contributed by atoms with Crippen LogP contribution in [0.15, 0.2) is 47.8 Å². The van der Waals surface area contributed by atoms with Crippen LogP contribution in [0, 0.1) is 0 Å². The number of hydrogen-bond donors (Lipinski definition) is 1. The summed E-state index contributed by atoms with van der Waals surface area (Å²) >= 11 is 1.47. The molecule has 34 heavy (non-hydrogen) atoms. The second-order valence-electron chi connectivity index (χ2n) is 7.97. The highest BCUT2D eigenvalue weighted by atomic mass is 32.1. The number of amides is 2. The molecule has 3 heterocycles. The van der Waals surface area contributed by atoms with Gasteiger partial charge in [-0.05, 0) is 60.2 Å². The lowest BCUT2D eigenvalue weighted by Crippen LogP contribution is -2.49. The van der Waals surface area contributed by atoms with Crippen LogP contribution >= 0.6 is 11.3 Å². The Morgan fingerprint density at radius 1 is 1.03 bits per heavy atom. The van der Waals surface area contributed by atoms with E-state index in [4.69, 9.17) is 4.74 Å². The zero-order valence-corrected chi connectivity index (χ0v) is 20.3. The lowest BCUT2D eigenvalue weighted by molar-refractivity contribution is 0.0751. The third-order valence-corrected chi connectivity index (χ3v) is 6.52. The van der Waals surface area contributed by atoms with E-state index in [0.29, 0.717) is 50.8 Å². The first-order valence-electron chi connectivity index (χ1n) is 11.6. The molecular formula is C25H29N5O3S. The van der Waals surface area contributed by atoms with E-state index in [1.165, 1.54) is 11.3 Å². The fourth-order valence-electron chi connectivity index (χ4n) is 3.77. The highest BCUT2D eigenvalue weighted by Gasteiger charge is 2.24. The molecule has 1 saturated heterocycles. The van der Waals surface area contributed by atoms with Crippen molar-refractivity contribution in [2.24, 2.45) is 0 Å². The fraction of sp³-hybridized carbons (Fsp3) is 0.360. The van der Waals surface area contributed by atoms with Crippen molar-refractivity contribution in [3.8, 4) is 16.9 Å². The lowest BCUT2D eigenvalue weighted by Gasteiger charge is -2.35. The molecule has 0 aliphatic carbocycles. The van der Waals surface area contributed by atoms with Gasteiger partial charge in [0.1, 0.15) is 5.75 Å². The van der Waals surface area contributed by atoms with Crippen LogP contribution in [0.5, 0.6) is 5.75 Å². The van der Waals surface area contributed by atoms with Crippen molar-refractivity contribution >= 4 is 29.0 Å². The van der Waals surface area contributed by atoms with Crippen LogP contribution in [0.25, 0.3) is 11.1 Å². The van der Waals surface area contributed by atoms with Gasteiger partial charge in [0, 0.05) is 32.7 Å². The number of carbonyl (C=O) groups excluding carboxylic acids is 2. The van der Waals surface area contributed by atoms with E-state index in [1.54, 1.807) is 6.07 Å². The highest BCUT2D eigenvalue weighted by Crippen LogP contribution is 2.29. The van der Waals surface area contributed by atoms with Crippen LogP contribution in [0.3, 0.4) is 0 Å². The third-order valence-electron chi connectivity index (χ3n) is 5.60. The Kier molecular flexibility index (Phi) is 7.74. The number of benzene rings is 1. The minimum Gasteiger partial charge on any atom is -0.494 e. The van der Waals surface area contributed by atoms with E-state index in [-0.39, 0.29) is 11.8 Å². The van der Waals surface area contributed by atoms with Crippen LogP contribution in [0.1, 0.15) is 40.4 Å². The van der Waals surface area contributed by atoms with E-state index in [9.17, 15) is 9.59 Å². The van der Waals surface area contributed by atoms with Gasteiger partial charge in [0.2, 0.25) is 0 Å². The second-order valence-corrected chi connectivity index (χ2v) is 8.88. The van der Waals surface area contributed by atoms with E-state index < -0.39 is 0 Å². The molecule has 1 fully saturated rings. The van der Waals surface area contributed by atoms with Crippen LogP contribution in [0.2, 0.25) is 0 Å². The number of ether oxygens (including phenoxy) is 1. The summed E-state index contributed by atoms with van der Waals surface area (Å²) in [6.07, 6.45) is 0.869. The molecule has 4 rings (SSSR count). The highest BCUT2D eigenvalue weighted by molar-refractivity contribution is 7.12. The Bertz CT molecular complexity index is 1120. The van der Waals surface area contributed by atoms with Crippen molar-refractivity contribution in [1.82, 2.24) is 20.4 Å². The Morgan fingerprint density at radius 3 is 2.56 bits per heavy atom. The van der Waals surface area contributed by atoms with Gasteiger partial charge in [0.15, 0.2) is 11.5 Å². The number of piperazine rings is 1. The molecule has 2 aromatic heterocycles. The summed E-state index contributed by atoms with van der Waals surface area (Å²) in [5.74, 6) is 1.38. The molecule has 8 nitrogen and oxygen atoms in total. The third kappa shape index (κ3) is 5.53. The summed E-state index contributed by atoms with van der Waals surface area (Å²) in [5.41, 5.74) is 2.37. The van der Waals surface area contributed by atoms with Gasteiger partial charge in [-0.25, -0.2) is 0 Å². The molecule has 0 saturated carbocycles. The van der Waals surface area contributed by atoms with Crippen molar-refractivity contribution in [1.29, 1.82) is 0 Å². The fourth-order valence-corrected chi connectivity index (χ4v) is 4.65. The quantitative estimate of drug-likeness (QED) is 0.530. The summed E-state index contributed by atoms with van der Waals surface area (Å²) in [7, 11) is 0. The molecular weight excluding hydrogens is 450 g/mol. The molecule has 3 aromatic rings. The minimum absolute atomic E-state index is 0.0471. The van der Waals surface area contributed by atoms with Crippen LogP contribution in [0.4, 0.5) is 5.82 Å². The molecule has 0 bridgehead atoms. The molecule has 0 radical (unpaired) electrons. The summed E-state index contributed by atoms with van der Waals surface area (Å²) < 4.78 is 5.59. The summed E-state index contributed by atoms with van der Waals surface area (Å²) in [6.45, 7) is 7.73. The molecule has 178 valence electrons. The number of rotatable bonds is 8. The number of carbonyl (C=O) groups is 2. The van der Waals surface area contributed by atoms with Crippen LogP contribution in [-0.4, -0.2) is 66.2 Å². The Morgan fingerprint density at radius 2 is 1.85 bits per heavy atom. The van der Waals surface area contributed by atoms with Gasteiger partial charge >= 0.3 is 0 Å². The molecule has 1 N–H and O–H groups in total. The molecule has 2 amide bonds. The number of hydrogen-bond acceptors (Lipinski definition) is 7. The van der Waals surface area contributed by atoms with Crippen LogP contribution < -0.4 is 15.0 Å². The van der Waals surface area contributed by atoms with E-state index in [0.717, 1.165) is 28.2 Å². The van der Waals surface area contributed by atoms with E-state index >= 15 is 0 Å². The monoisotopic (exact) mass is 479 g/mol. The predicted molar refractivity (Wildman–Crippen MR) is 134 cm³/mol. The Hall–Kier alpha value is -3.46. The average Bonchev–Trinajstić information content (AvgIpc) is 3.38. The Labute approximate surface area is 203 Å². The first-order chi connectivity index (χ1) is 16.6. The topological polar surface area (TPSA) is 87.7 Å². The molecule has 1 aliphatic heterocycles. The lowest BCUT2D eigenvalue weighted by atomic mass is 10.1. The van der Waals surface area contributed by atoms with Gasteiger partial charge in [-0.1, -0.05) is 19.1 Å². The van der Waals surface area contributed by atoms with Crippen LogP contribution in [-0.2, 0) is 0 Å². The van der Waals surface area contributed by atoms with E-state index in [1.807, 2.05) is 60.5 Å². The number of thiophene rings is 1. The SMILES string of the molecule is CCCNC(=O)c1ccc(N2CCN(C(=O)c3cc(-c4cccc(OCC)c4)cs3)CC2)nn1. The zero-order chi connectivity index (χ0) is 23.9. The van der Waals surface area contributed by atoms with Gasteiger partial charge in [0.05, 0.1) is 11.5 Å². The molecule has 0 atom stereocenters. The van der Waals surface area contributed by atoms with E-state index in [2.05, 4.69) is 20.4 Å². The van der Waals surface area contributed by atoms with Gasteiger partial charge in [0.25, 0.3) is 11.8 Å². The van der Waals surface area contributed by atoms with Gasteiger partial charge in [-0.3, -0.25) is 9.59 Å². The standard InChI is InChI=1S/C25H29N5O3S/c1-3-10-26-24(31)21-8-9-23(28-27-21)29-11-13-30(14-12-29)25(32)22-16-19(17-34-22)18-6-5-7-20(15-18)33-4-2/h5-9,15-17H,3-4,10-14H2,1-2H3,(H,26,31). The molecule has 9 heteroatoms. The predicted octanol–water partition coefficient (Wildman–Crippen LogP) is 3.71. The molecule has 0 spiro atoms. The van der Waals surface area contributed by atoms with Gasteiger partial charge in [-0.2, -0.15) is 0 Å². The summed E-state index contributed by atoms with van der Waals surface area (Å²) in [5, 5.41) is 13.1. The normalized spacial score (nSPS) is 13.6. The van der Waals surface area contributed by atoms with Gasteiger partial charge in [-0.15, -0.1) is 21.5 Å². The summed E-state index contributed by atoms with van der Waals surface area (Å²) in [6, 6.07) is 13.4. The largest absolute Gasteiger partial charge is 0.494 e. The minimum atomic E-state index is -0.212. The number of aromatic nitrogens is 2. The first kappa shape index (κ1) is 23.7. The van der Waals surface area contributed by atoms with Crippen molar-refractivity contribution < 1.29 is 14.3 Å². The molecule has 1 aromatic carbocycles. The van der Waals surface area contributed by atoms with Crippen molar-refractivity contribution in [2.75, 3.05) is 44.2 Å². The maximum Gasteiger partial charge on any atom is 0.271 e. The maximum atomic E-state index is 13.1. The summed E-state index contributed by atoms with van der Waals surface area (Å²) in [4.78, 5) is 29.8. The molecule has 1 aliphatic rings.